The van der Waals surface area contributed by atoms with Crippen LogP contribution in [0.3, 0.4) is 0 Å². The van der Waals surface area contributed by atoms with E-state index < -0.39 is 23.0 Å². The number of rotatable bonds is 7. The van der Waals surface area contributed by atoms with E-state index in [4.69, 9.17) is 0 Å². The number of hydrogen-bond acceptors (Lipinski definition) is 5. The normalized spacial score (nSPS) is 10.8. The number of hydrogen-bond donors (Lipinski definition) is 3. The Hall–Kier alpha value is -3.47. The second kappa shape index (κ2) is 9.83. The number of aromatic hydroxyl groups is 3. The minimum Gasteiger partial charge on any atom is -0.872 e. The lowest BCUT2D eigenvalue weighted by atomic mass is 9.93. The molecule has 2 rings (SSSR count). The van der Waals surface area contributed by atoms with Crippen LogP contribution in [0.1, 0.15) is 54.7 Å². The first kappa shape index (κ1) is 22.8. The summed E-state index contributed by atoms with van der Waals surface area (Å²) in [6, 6.07) is 6.22. The fourth-order valence-electron chi connectivity index (χ4n) is 2.88. The number of phenolic OH excluding ortho intramolecular Hbond substituents is 3. The van der Waals surface area contributed by atoms with Crippen LogP contribution in [0.5, 0.6) is 23.0 Å². The third-order valence-corrected chi connectivity index (χ3v) is 4.59. The molecule has 0 aliphatic carbocycles. The highest BCUT2D eigenvalue weighted by molar-refractivity contribution is 6.11. The summed E-state index contributed by atoms with van der Waals surface area (Å²) in [5.74, 6) is -1.95. The lowest BCUT2D eigenvalue weighted by Gasteiger charge is -2.23. The van der Waals surface area contributed by atoms with Gasteiger partial charge in [0, 0.05) is 0 Å². The van der Waals surface area contributed by atoms with Crippen molar-refractivity contribution in [2.45, 2.75) is 40.5 Å². The molecule has 0 saturated carbocycles. The van der Waals surface area contributed by atoms with Crippen molar-refractivity contribution in [3.63, 3.8) is 0 Å². The summed E-state index contributed by atoms with van der Waals surface area (Å²) < 4.78 is 0. The van der Waals surface area contributed by atoms with Crippen LogP contribution in [-0.4, -0.2) is 21.1 Å². The lowest BCUT2D eigenvalue weighted by molar-refractivity contribution is -0.270. The monoisotopic (exact) mass is 407 g/mol. The Morgan fingerprint density at radius 2 is 1.33 bits per heavy atom. The highest BCUT2D eigenvalue weighted by Crippen LogP contribution is 2.42. The standard InChI is InChI=1S/C25H28O5/c1-15(2)5-12-19-23(28)20(13-6-16(3)4)25(30)22(24(19)29)21(27)14-9-17-7-10-18(26)11-8-17/h5-11,14,26,28-30H,12-13H2,1-4H3/p-1/b14-9+. The molecule has 0 saturated heterocycles. The molecule has 2 aromatic carbocycles. The summed E-state index contributed by atoms with van der Waals surface area (Å²) in [6.07, 6.45) is 6.64. The van der Waals surface area contributed by atoms with E-state index in [0.717, 1.165) is 11.1 Å². The Bertz CT molecular complexity index is 969. The van der Waals surface area contributed by atoms with Crippen molar-refractivity contribution < 1.29 is 25.2 Å². The van der Waals surface area contributed by atoms with Gasteiger partial charge in [-0.1, -0.05) is 47.3 Å². The molecule has 5 nitrogen and oxygen atoms in total. The average molecular weight is 407 g/mol. The predicted octanol–water partition coefficient (Wildman–Crippen LogP) is 4.79. The quantitative estimate of drug-likeness (QED) is 0.348. The molecular formula is C25H27O5-. The molecule has 2 aromatic rings. The minimum atomic E-state index is -0.616. The Labute approximate surface area is 177 Å². The third kappa shape index (κ3) is 5.54. The fraction of sp³-hybridized carbons (Fsp3) is 0.240. The molecule has 158 valence electrons. The van der Waals surface area contributed by atoms with Gasteiger partial charge < -0.3 is 20.4 Å². The summed E-state index contributed by atoms with van der Waals surface area (Å²) in [5, 5.41) is 43.6. The Kier molecular flexibility index (Phi) is 7.48. The highest BCUT2D eigenvalue weighted by Gasteiger charge is 2.22. The van der Waals surface area contributed by atoms with E-state index in [1.54, 1.807) is 24.3 Å². The largest absolute Gasteiger partial charge is 0.872 e. The van der Waals surface area contributed by atoms with Crippen LogP contribution < -0.4 is 5.11 Å². The summed E-state index contributed by atoms with van der Waals surface area (Å²) in [6.45, 7) is 7.49. The molecule has 0 amide bonds. The molecular weight excluding hydrogens is 380 g/mol. The molecule has 0 aliphatic heterocycles. The first-order valence-electron chi connectivity index (χ1n) is 9.66. The van der Waals surface area contributed by atoms with Gasteiger partial charge in [0.2, 0.25) is 0 Å². The Balaban J connectivity index is 2.57. The molecule has 0 fully saturated rings. The number of carbonyl (C=O) groups excluding carboxylic acids is 1. The summed E-state index contributed by atoms with van der Waals surface area (Å²) >= 11 is 0. The van der Waals surface area contributed by atoms with E-state index in [-0.39, 0.29) is 35.3 Å². The van der Waals surface area contributed by atoms with Gasteiger partial charge in [-0.3, -0.25) is 4.79 Å². The zero-order valence-corrected chi connectivity index (χ0v) is 17.7. The first-order valence-corrected chi connectivity index (χ1v) is 9.66. The van der Waals surface area contributed by atoms with Gasteiger partial charge in [-0.15, -0.1) is 0 Å². The number of ketones is 1. The summed E-state index contributed by atoms with van der Waals surface area (Å²) in [5.41, 5.74) is 2.50. The van der Waals surface area contributed by atoms with Crippen molar-refractivity contribution in [1.82, 2.24) is 0 Å². The van der Waals surface area contributed by atoms with Crippen LogP contribution in [0.15, 0.2) is 53.6 Å². The topological polar surface area (TPSA) is 101 Å². The van der Waals surface area contributed by atoms with E-state index in [0.29, 0.717) is 5.56 Å². The maximum absolute atomic E-state index is 12.9. The van der Waals surface area contributed by atoms with Gasteiger partial charge in [-0.2, -0.15) is 0 Å². The van der Waals surface area contributed by atoms with Crippen molar-refractivity contribution in [3.8, 4) is 23.0 Å². The van der Waals surface area contributed by atoms with Gasteiger partial charge >= 0.3 is 0 Å². The van der Waals surface area contributed by atoms with Crippen LogP contribution in [0.4, 0.5) is 0 Å². The van der Waals surface area contributed by atoms with E-state index >= 15 is 0 Å². The SMILES string of the molecule is CC(C)=CCc1c([O-])c(CC=C(C)C)c(O)c(C(=O)/C=C/c2ccc(O)cc2)c1O. The lowest BCUT2D eigenvalue weighted by Crippen LogP contribution is -2.08. The van der Waals surface area contributed by atoms with Gasteiger partial charge in [0.1, 0.15) is 22.8 Å². The smallest absolute Gasteiger partial charge is 0.193 e. The van der Waals surface area contributed by atoms with Crippen molar-refractivity contribution in [2.24, 2.45) is 0 Å². The Morgan fingerprint density at radius 3 is 1.77 bits per heavy atom. The molecule has 0 bridgehead atoms. The molecule has 0 aromatic heterocycles. The average Bonchev–Trinajstić information content (AvgIpc) is 2.66. The molecule has 30 heavy (non-hydrogen) atoms. The highest BCUT2D eigenvalue weighted by atomic mass is 16.3. The maximum atomic E-state index is 12.9. The number of phenols is 3. The molecule has 0 atom stereocenters. The van der Waals surface area contributed by atoms with Gasteiger partial charge in [0.15, 0.2) is 5.78 Å². The minimum absolute atomic E-state index is 0.0903. The van der Waals surface area contributed by atoms with Crippen molar-refractivity contribution >= 4 is 11.9 Å². The third-order valence-electron chi connectivity index (χ3n) is 4.59. The first-order chi connectivity index (χ1) is 14.1. The second-order valence-electron chi connectivity index (χ2n) is 7.62. The van der Waals surface area contributed by atoms with Gasteiger partial charge in [0.05, 0.1) is 0 Å². The molecule has 0 unspecified atom stereocenters. The van der Waals surface area contributed by atoms with Gasteiger partial charge in [0.25, 0.3) is 0 Å². The molecule has 5 heteroatoms. The molecule has 0 radical (unpaired) electrons. The number of carbonyl (C=O) groups is 1. The van der Waals surface area contributed by atoms with Crippen molar-refractivity contribution in [1.29, 1.82) is 0 Å². The second-order valence-corrected chi connectivity index (χ2v) is 7.62. The van der Waals surface area contributed by atoms with Crippen molar-refractivity contribution in [3.05, 3.63) is 75.9 Å². The fourth-order valence-corrected chi connectivity index (χ4v) is 2.88. The molecule has 0 aliphatic rings. The predicted molar refractivity (Wildman–Crippen MR) is 117 cm³/mol. The molecule has 0 heterocycles. The number of allylic oxidation sites excluding steroid dienone is 5. The van der Waals surface area contributed by atoms with E-state index in [1.807, 2.05) is 27.7 Å². The van der Waals surface area contributed by atoms with E-state index in [2.05, 4.69) is 0 Å². The van der Waals surface area contributed by atoms with Crippen LogP contribution in [-0.2, 0) is 12.8 Å². The van der Waals surface area contributed by atoms with Gasteiger partial charge in [-0.25, -0.2) is 0 Å². The Morgan fingerprint density at radius 1 is 0.867 bits per heavy atom. The van der Waals surface area contributed by atoms with Crippen LogP contribution in [0.2, 0.25) is 0 Å². The van der Waals surface area contributed by atoms with E-state index in [1.165, 1.54) is 24.3 Å². The zero-order chi connectivity index (χ0) is 22.4. The summed E-state index contributed by atoms with van der Waals surface area (Å²) in [7, 11) is 0. The van der Waals surface area contributed by atoms with E-state index in [9.17, 15) is 25.2 Å². The van der Waals surface area contributed by atoms with Crippen LogP contribution in [0, 0.1) is 0 Å². The summed E-state index contributed by atoms with van der Waals surface area (Å²) in [4.78, 5) is 12.8. The number of benzene rings is 2. The molecule has 3 N–H and O–H groups in total. The zero-order valence-electron chi connectivity index (χ0n) is 17.7. The molecule has 0 spiro atoms. The maximum Gasteiger partial charge on any atom is 0.193 e. The van der Waals surface area contributed by atoms with Crippen molar-refractivity contribution in [2.75, 3.05) is 0 Å². The van der Waals surface area contributed by atoms with Gasteiger partial charge in [-0.05, 0) is 75.4 Å². The van der Waals surface area contributed by atoms with Crippen LogP contribution >= 0.6 is 0 Å². The van der Waals surface area contributed by atoms with Crippen LogP contribution in [0.25, 0.3) is 6.08 Å².